The fraction of sp³-hybridized carbons (Fsp3) is 0.875. The first-order chi connectivity index (χ1) is 10.7. The van der Waals surface area contributed by atoms with Crippen LogP contribution >= 0.6 is 0 Å². The molecular weight excluding hydrogens is 318 g/mol. The molecule has 0 aromatic rings. The lowest BCUT2D eigenvalue weighted by Crippen LogP contribution is -2.56. The molecule has 0 bridgehead atoms. The van der Waals surface area contributed by atoms with Crippen LogP contribution in [-0.4, -0.2) is 42.4 Å². The molecule has 0 aromatic heterocycles. The number of amides is 1. The van der Waals surface area contributed by atoms with Crippen LogP contribution in [0.1, 0.15) is 51.9 Å². The molecule has 1 amide bonds. The molecule has 0 radical (unpaired) electrons. The molecule has 2 N–H and O–H groups in total. The van der Waals surface area contributed by atoms with Crippen molar-refractivity contribution < 1.29 is 23.1 Å². The van der Waals surface area contributed by atoms with Crippen molar-refractivity contribution in [2.45, 2.75) is 57.4 Å². The van der Waals surface area contributed by atoms with Crippen molar-refractivity contribution in [2.75, 3.05) is 11.5 Å². The van der Waals surface area contributed by atoms with Gasteiger partial charge in [-0.1, -0.05) is 12.8 Å². The van der Waals surface area contributed by atoms with E-state index in [1.807, 2.05) is 6.92 Å². The molecule has 2 aliphatic carbocycles. The largest absolute Gasteiger partial charge is 0.481 e. The maximum atomic E-state index is 12.6. The molecule has 3 atom stereocenters. The van der Waals surface area contributed by atoms with E-state index >= 15 is 0 Å². The molecule has 1 saturated heterocycles. The molecule has 3 fully saturated rings. The van der Waals surface area contributed by atoms with E-state index in [9.17, 15) is 23.1 Å². The van der Waals surface area contributed by atoms with Crippen molar-refractivity contribution in [1.29, 1.82) is 0 Å². The topological polar surface area (TPSA) is 101 Å². The number of sulfone groups is 1. The molecular formula is C16H25NO5S. The van der Waals surface area contributed by atoms with Crippen LogP contribution in [0.2, 0.25) is 0 Å². The van der Waals surface area contributed by atoms with Gasteiger partial charge in [0.05, 0.1) is 23.0 Å². The summed E-state index contributed by atoms with van der Waals surface area (Å²) in [4.78, 5) is 24.1. The van der Waals surface area contributed by atoms with Gasteiger partial charge in [-0.15, -0.1) is 0 Å². The summed E-state index contributed by atoms with van der Waals surface area (Å²) < 4.78 is 23.1. The van der Waals surface area contributed by atoms with Gasteiger partial charge in [-0.3, -0.25) is 9.59 Å². The highest BCUT2D eigenvalue weighted by Crippen LogP contribution is 2.60. The lowest BCUT2D eigenvalue weighted by Gasteiger charge is -2.40. The summed E-state index contributed by atoms with van der Waals surface area (Å²) in [5.41, 5.74) is -0.842. The first-order valence-electron chi connectivity index (χ1n) is 8.43. The molecule has 1 aliphatic heterocycles. The van der Waals surface area contributed by atoms with E-state index in [1.165, 1.54) is 0 Å². The molecule has 23 heavy (non-hydrogen) atoms. The predicted octanol–water partition coefficient (Wildman–Crippen LogP) is 1.35. The number of hydrogen-bond donors (Lipinski definition) is 2. The third-order valence-corrected chi connectivity index (χ3v) is 7.90. The van der Waals surface area contributed by atoms with Crippen LogP contribution in [0, 0.1) is 17.3 Å². The Labute approximate surface area is 136 Å². The zero-order valence-corrected chi connectivity index (χ0v) is 14.3. The van der Waals surface area contributed by atoms with Gasteiger partial charge in [0.15, 0.2) is 0 Å². The number of carbonyl (C=O) groups excluding carboxylic acids is 1. The van der Waals surface area contributed by atoms with Gasteiger partial charge >= 0.3 is 5.97 Å². The molecule has 130 valence electrons. The number of nitrogens with one attached hydrogen (secondary N) is 1. The number of aliphatic carboxylic acids is 1. The summed E-state index contributed by atoms with van der Waals surface area (Å²) in [6, 6.07) is 0. The normalized spacial score (nSPS) is 38.0. The monoisotopic (exact) mass is 343 g/mol. The van der Waals surface area contributed by atoms with Crippen molar-refractivity contribution in [1.82, 2.24) is 5.32 Å². The Kier molecular flexibility index (Phi) is 3.98. The Balaban J connectivity index is 1.65. The standard InChI is InChI=1S/C16H25NO5S/c1-15(5-3-2-4-11(15)14(19)20)17-13(18)12-10-16(12)6-8-23(21,22)9-7-16/h11-12H,2-10H2,1H3,(H,17,18)(H,19,20)/t11-,12+,15-/m0/s1. The minimum atomic E-state index is -2.93. The van der Waals surface area contributed by atoms with Crippen LogP contribution in [0.4, 0.5) is 0 Å². The molecule has 1 spiro atoms. The fourth-order valence-corrected chi connectivity index (χ4v) is 6.10. The average molecular weight is 343 g/mol. The lowest BCUT2D eigenvalue weighted by atomic mass is 9.73. The smallest absolute Gasteiger partial charge is 0.308 e. The number of rotatable bonds is 3. The minimum Gasteiger partial charge on any atom is -0.481 e. The fourth-order valence-electron chi connectivity index (χ4n) is 4.46. The highest BCUT2D eigenvalue weighted by Gasteiger charge is 2.60. The first kappa shape index (κ1) is 16.7. The number of hydrogen-bond acceptors (Lipinski definition) is 4. The summed E-state index contributed by atoms with van der Waals surface area (Å²) >= 11 is 0. The van der Waals surface area contributed by atoms with E-state index < -0.39 is 27.3 Å². The van der Waals surface area contributed by atoms with Crippen molar-refractivity contribution >= 4 is 21.7 Å². The Hall–Kier alpha value is -1.11. The molecule has 3 aliphatic rings. The molecule has 0 aromatic carbocycles. The van der Waals surface area contributed by atoms with Crippen molar-refractivity contribution in [3.05, 3.63) is 0 Å². The van der Waals surface area contributed by atoms with Gasteiger partial charge in [-0.05, 0) is 44.4 Å². The Bertz CT molecular complexity index is 614. The highest BCUT2D eigenvalue weighted by molar-refractivity contribution is 7.91. The maximum Gasteiger partial charge on any atom is 0.308 e. The molecule has 6 nitrogen and oxygen atoms in total. The quantitative estimate of drug-likeness (QED) is 0.805. The number of carboxylic acids is 1. The van der Waals surface area contributed by atoms with Gasteiger partial charge in [-0.2, -0.15) is 0 Å². The second-order valence-electron chi connectivity index (χ2n) is 7.81. The van der Waals surface area contributed by atoms with Gasteiger partial charge in [0, 0.05) is 5.92 Å². The van der Waals surface area contributed by atoms with E-state index in [0.29, 0.717) is 25.7 Å². The SMILES string of the molecule is C[C@]1(NC(=O)[C@H]2CC23CCS(=O)(=O)CC3)CCCC[C@H]1C(=O)O. The van der Waals surface area contributed by atoms with Gasteiger partial charge in [0.25, 0.3) is 0 Å². The van der Waals surface area contributed by atoms with Gasteiger partial charge < -0.3 is 10.4 Å². The van der Waals surface area contributed by atoms with Crippen molar-refractivity contribution in [3.8, 4) is 0 Å². The second kappa shape index (κ2) is 5.46. The summed E-state index contributed by atoms with van der Waals surface area (Å²) in [5.74, 6) is -1.27. The zero-order chi connectivity index (χ0) is 16.9. The summed E-state index contributed by atoms with van der Waals surface area (Å²) in [7, 11) is -2.93. The highest BCUT2D eigenvalue weighted by atomic mass is 32.2. The lowest BCUT2D eigenvalue weighted by molar-refractivity contribution is -0.146. The van der Waals surface area contributed by atoms with Crippen LogP contribution in [0.5, 0.6) is 0 Å². The summed E-state index contributed by atoms with van der Waals surface area (Å²) in [6.45, 7) is 1.84. The maximum absolute atomic E-state index is 12.6. The van der Waals surface area contributed by atoms with Crippen LogP contribution in [0.15, 0.2) is 0 Å². The molecule has 0 unspecified atom stereocenters. The average Bonchev–Trinajstić information content (AvgIpc) is 3.17. The van der Waals surface area contributed by atoms with Crippen LogP contribution in [0.25, 0.3) is 0 Å². The van der Waals surface area contributed by atoms with E-state index in [4.69, 9.17) is 0 Å². The number of carboxylic acid groups (broad SMARTS) is 1. The Morgan fingerprint density at radius 1 is 1.09 bits per heavy atom. The van der Waals surface area contributed by atoms with Crippen molar-refractivity contribution in [2.24, 2.45) is 17.3 Å². The minimum absolute atomic E-state index is 0.0834. The van der Waals surface area contributed by atoms with Crippen LogP contribution < -0.4 is 5.32 Å². The van der Waals surface area contributed by atoms with Crippen LogP contribution in [0.3, 0.4) is 0 Å². The van der Waals surface area contributed by atoms with Crippen molar-refractivity contribution in [3.63, 3.8) is 0 Å². The molecule has 1 heterocycles. The van der Waals surface area contributed by atoms with Gasteiger partial charge in [-0.25, -0.2) is 8.42 Å². The van der Waals surface area contributed by atoms with Gasteiger partial charge in [0.1, 0.15) is 9.84 Å². The van der Waals surface area contributed by atoms with E-state index in [2.05, 4.69) is 5.32 Å². The van der Waals surface area contributed by atoms with E-state index in [0.717, 1.165) is 19.3 Å². The van der Waals surface area contributed by atoms with Gasteiger partial charge in [0.2, 0.25) is 5.91 Å². The van der Waals surface area contributed by atoms with E-state index in [1.54, 1.807) is 0 Å². The third kappa shape index (κ3) is 3.12. The Morgan fingerprint density at radius 3 is 2.35 bits per heavy atom. The second-order valence-corrected chi connectivity index (χ2v) is 10.1. The zero-order valence-electron chi connectivity index (χ0n) is 13.5. The van der Waals surface area contributed by atoms with E-state index in [-0.39, 0.29) is 28.7 Å². The first-order valence-corrected chi connectivity index (χ1v) is 10.2. The predicted molar refractivity (Wildman–Crippen MR) is 84.6 cm³/mol. The van der Waals surface area contributed by atoms with Crippen LogP contribution in [-0.2, 0) is 19.4 Å². The summed E-state index contributed by atoms with van der Waals surface area (Å²) in [5, 5.41) is 12.4. The molecule has 7 heteroatoms. The third-order valence-electron chi connectivity index (χ3n) is 6.24. The number of carbonyl (C=O) groups is 2. The molecule has 2 saturated carbocycles. The Morgan fingerprint density at radius 2 is 1.74 bits per heavy atom. The summed E-state index contributed by atoms with van der Waals surface area (Å²) in [6.07, 6.45) is 4.95. The molecule has 3 rings (SSSR count).